The molecular weight excluding hydrogens is 382 g/mol. The molecule has 0 radical (unpaired) electrons. The summed E-state index contributed by atoms with van der Waals surface area (Å²) in [5.74, 6) is 2.55. The summed E-state index contributed by atoms with van der Waals surface area (Å²) in [6.07, 6.45) is 5.48. The number of anilines is 1. The first-order chi connectivity index (χ1) is 14.6. The van der Waals surface area contributed by atoms with Crippen molar-refractivity contribution in [1.82, 2.24) is 10.2 Å². The summed E-state index contributed by atoms with van der Waals surface area (Å²) in [6, 6.07) is 6.46. The Balaban J connectivity index is 1.16. The Morgan fingerprint density at radius 1 is 1.17 bits per heavy atom. The Labute approximate surface area is 179 Å². The lowest BCUT2D eigenvalue weighted by atomic mass is 9.84. The summed E-state index contributed by atoms with van der Waals surface area (Å²) in [5, 5.41) is 3.13. The van der Waals surface area contributed by atoms with Gasteiger partial charge in [-0.05, 0) is 63.6 Å². The quantitative estimate of drug-likeness (QED) is 0.736. The highest BCUT2D eigenvalue weighted by molar-refractivity contribution is 5.80. The van der Waals surface area contributed by atoms with Gasteiger partial charge in [0, 0.05) is 39.3 Å². The third-order valence-electron chi connectivity index (χ3n) is 6.86. The molecule has 3 aliphatic rings. The predicted octanol–water partition coefficient (Wildman–Crippen LogP) is 2.64. The van der Waals surface area contributed by atoms with E-state index < -0.39 is 0 Å². The van der Waals surface area contributed by atoms with Crippen LogP contribution in [0.4, 0.5) is 5.69 Å². The fraction of sp³-hybridized carbons (Fsp3) is 0.696. The Kier molecular flexibility index (Phi) is 7.00. The van der Waals surface area contributed by atoms with Gasteiger partial charge in [-0.1, -0.05) is 6.07 Å². The normalized spacial score (nSPS) is 25.2. The summed E-state index contributed by atoms with van der Waals surface area (Å²) < 4.78 is 16.3. The molecule has 0 bridgehead atoms. The van der Waals surface area contributed by atoms with Crippen molar-refractivity contribution in [1.29, 1.82) is 0 Å². The standard InChI is InChI=1S/C23H35N3O4/c1-17(28-2)23(27)24-19-8-6-18(7-9-19)10-11-25-12-14-26(15-13-25)20-4-3-5-21-22(20)30-16-29-21/h3-5,17-19H,6-16H2,1-2H3,(H,24,27)/t17-,18?,19?/m0/s1. The van der Waals surface area contributed by atoms with Gasteiger partial charge in [0.2, 0.25) is 12.7 Å². The Hall–Kier alpha value is -1.99. The second-order valence-electron chi connectivity index (χ2n) is 8.73. The number of piperazine rings is 1. The number of hydrogen-bond acceptors (Lipinski definition) is 6. The van der Waals surface area contributed by atoms with Crippen molar-refractivity contribution >= 4 is 11.6 Å². The number of para-hydroxylation sites is 1. The SMILES string of the molecule is CO[C@@H](C)C(=O)NC1CCC(CCN2CCN(c3cccc4c3OCO4)CC2)CC1. The van der Waals surface area contributed by atoms with E-state index >= 15 is 0 Å². The number of rotatable bonds is 7. The summed E-state index contributed by atoms with van der Waals surface area (Å²) in [4.78, 5) is 17.0. The molecule has 0 spiro atoms. The largest absolute Gasteiger partial charge is 0.454 e. The Bertz CT molecular complexity index is 712. The van der Waals surface area contributed by atoms with Crippen molar-refractivity contribution in [2.45, 2.75) is 51.2 Å². The third-order valence-corrected chi connectivity index (χ3v) is 6.86. The lowest BCUT2D eigenvalue weighted by molar-refractivity contribution is -0.131. The zero-order chi connectivity index (χ0) is 20.9. The van der Waals surface area contributed by atoms with E-state index in [2.05, 4.69) is 21.2 Å². The first-order valence-corrected chi connectivity index (χ1v) is 11.3. The number of hydrogen-bond donors (Lipinski definition) is 1. The molecule has 2 heterocycles. The van der Waals surface area contributed by atoms with E-state index in [0.29, 0.717) is 12.8 Å². The van der Waals surface area contributed by atoms with E-state index in [4.69, 9.17) is 14.2 Å². The molecule has 30 heavy (non-hydrogen) atoms. The van der Waals surface area contributed by atoms with Gasteiger partial charge in [0.1, 0.15) is 6.10 Å². The molecule has 166 valence electrons. The van der Waals surface area contributed by atoms with Crippen LogP contribution in [0.1, 0.15) is 39.0 Å². The van der Waals surface area contributed by atoms with Crippen LogP contribution in [0.3, 0.4) is 0 Å². The van der Waals surface area contributed by atoms with Crippen LogP contribution < -0.4 is 19.7 Å². The van der Waals surface area contributed by atoms with Crippen LogP contribution in [0.5, 0.6) is 11.5 Å². The van der Waals surface area contributed by atoms with Crippen molar-refractivity contribution < 1.29 is 19.0 Å². The zero-order valence-electron chi connectivity index (χ0n) is 18.3. The van der Waals surface area contributed by atoms with Gasteiger partial charge in [0.05, 0.1) is 5.69 Å². The number of carbonyl (C=O) groups excluding carboxylic acids is 1. The maximum Gasteiger partial charge on any atom is 0.249 e. The van der Waals surface area contributed by atoms with Crippen LogP contribution in [-0.4, -0.2) is 69.6 Å². The third kappa shape index (κ3) is 5.01. The maximum absolute atomic E-state index is 12.0. The van der Waals surface area contributed by atoms with Gasteiger partial charge in [0.15, 0.2) is 11.5 Å². The lowest BCUT2D eigenvalue weighted by Gasteiger charge is -2.37. The lowest BCUT2D eigenvalue weighted by Crippen LogP contribution is -2.47. The number of benzene rings is 1. The molecule has 1 atom stereocenters. The van der Waals surface area contributed by atoms with Crippen LogP contribution in [0.2, 0.25) is 0 Å². The smallest absolute Gasteiger partial charge is 0.249 e. The Morgan fingerprint density at radius 2 is 1.93 bits per heavy atom. The minimum absolute atomic E-state index is 0.0137. The number of ether oxygens (including phenoxy) is 3. The van der Waals surface area contributed by atoms with E-state index in [1.807, 2.05) is 12.1 Å². The molecule has 1 aromatic carbocycles. The Morgan fingerprint density at radius 3 is 2.67 bits per heavy atom. The average Bonchev–Trinajstić information content (AvgIpc) is 3.27. The number of carbonyl (C=O) groups is 1. The second-order valence-corrected chi connectivity index (χ2v) is 8.73. The summed E-state index contributed by atoms with van der Waals surface area (Å²) >= 11 is 0. The molecule has 1 amide bonds. The molecule has 1 saturated heterocycles. The van der Waals surface area contributed by atoms with Gasteiger partial charge in [0.25, 0.3) is 0 Å². The number of methoxy groups -OCH3 is 1. The summed E-state index contributed by atoms with van der Waals surface area (Å²) in [5.41, 5.74) is 1.16. The first-order valence-electron chi connectivity index (χ1n) is 11.3. The zero-order valence-corrected chi connectivity index (χ0v) is 18.3. The van der Waals surface area contributed by atoms with E-state index in [-0.39, 0.29) is 12.0 Å². The molecule has 7 heteroatoms. The topological polar surface area (TPSA) is 63.3 Å². The first kappa shape index (κ1) is 21.2. The molecule has 0 aromatic heterocycles. The molecule has 1 N–H and O–H groups in total. The molecular formula is C23H35N3O4. The predicted molar refractivity (Wildman–Crippen MR) is 116 cm³/mol. The molecule has 1 saturated carbocycles. The van der Waals surface area contributed by atoms with Crippen molar-refractivity contribution in [3.8, 4) is 11.5 Å². The molecule has 1 aliphatic carbocycles. The summed E-state index contributed by atoms with van der Waals surface area (Å²) in [6.45, 7) is 7.52. The van der Waals surface area contributed by atoms with E-state index in [1.54, 1.807) is 14.0 Å². The van der Waals surface area contributed by atoms with Crippen molar-refractivity contribution in [3.63, 3.8) is 0 Å². The summed E-state index contributed by atoms with van der Waals surface area (Å²) in [7, 11) is 1.58. The van der Waals surface area contributed by atoms with Gasteiger partial charge in [-0.2, -0.15) is 0 Å². The van der Waals surface area contributed by atoms with Crippen LogP contribution in [0.25, 0.3) is 0 Å². The molecule has 0 unspecified atom stereocenters. The van der Waals surface area contributed by atoms with Crippen LogP contribution in [-0.2, 0) is 9.53 Å². The van der Waals surface area contributed by atoms with Gasteiger partial charge in [-0.3, -0.25) is 9.69 Å². The highest BCUT2D eigenvalue weighted by Crippen LogP contribution is 2.41. The van der Waals surface area contributed by atoms with E-state index in [0.717, 1.165) is 62.1 Å². The van der Waals surface area contributed by atoms with Crippen LogP contribution in [0, 0.1) is 5.92 Å². The molecule has 2 aliphatic heterocycles. The maximum atomic E-state index is 12.0. The number of fused-ring (bicyclic) bond motifs is 1. The molecule has 4 rings (SSSR count). The minimum atomic E-state index is -0.363. The van der Waals surface area contributed by atoms with Crippen molar-refractivity contribution in [2.75, 3.05) is 51.5 Å². The fourth-order valence-electron chi connectivity index (χ4n) is 4.76. The monoisotopic (exact) mass is 417 g/mol. The second kappa shape index (κ2) is 9.88. The average molecular weight is 418 g/mol. The van der Waals surface area contributed by atoms with Crippen LogP contribution in [0.15, 0.2) is 18.2 Å². The highest BCUT2D eigenvalue weighted by Gasteiger charge is 2.27. The van der Waals surface area contributed by atoms with Gasteiger partial charge in [-0.25, -0.2) is 0 Å². The molecule has 7 nitrogen and oxygen atoms in total. The molecule has 2 fully saturated rings. The van der Waals surface area contributed by atoms with Gasteiger partial charge in [-0.15, -0.1) is 0 Å². The van der Waals surface area contributed by atoms with Gasteiger partial charge < -0.3 is 24.4 Å². The van der Waals surface area contributed by atoms with Crippen molar-refractivity contribution in [3.05, 3.63) is 18.2 Å². The van der Waals surface area contributed by atoms with E-state index in [9.17, 15) is 4.79 Å². The number of nitrogens with zero attached hydrogens (tertiary/aromatic N) is 2. The van der Waals surface area contributed by atoms with E-state index in [1.165, 1.54) is 25.8 Å². The van der Waals surface area contributed by atoms with Crippen LogP contribution >= 0.6 is 0 Å². The van der Waals surface area contributed by atoms with Crippen molar-refractivity contribution in [2.24, 2.45) is 5.92 Å². The fourth-order valence-corrected chi connectivity index (χ4v) is 4.76. The van der Waals surface area contributed by atoms with Gasteiger partial charge >= 0.3 is 0 Å². The number of amides is 1. The highest BCUT2D eigenvalue weighted by atomic mass is 16.7. The minimum Gasteiger partial charge on any atom is -0.454 e. The number of nitrogens with one attached hydrogen (secondary N) is 1. The molecule has 1 aromatic rings.